The van der Waals surface area contributed by atoms with Crippen LogP contribution in [0.3, 0.4) is 0 Å². The van der Waals surface area contributed by atoms with Crippen molar-refractivity contribution >= 4 is 52.1 Å². The normalized spacial score (nSPS) is 12.3. The summed E-state index contributed by atoms with van der Waals surface area (Å²) < 4.78 is 1.94. The number of imidazole rings is 1. The predicted octanol–water partition coefficient (Wildman–Crippen LogP) is 7.91. The summed E-state index contributed by atoms with van der Waals surface area (Å²) in [6, 6.07) is 22.8. The Bertz CT molecular complexity index is 1610. The van der Waals surface area contributed by atoms with Crippen molar-refractivity contribution in [3.05, 3.63) is 117 Å². The van der Waals surface area contributed by atoms with E-state index in [1.165, 1.54) is 5.01 Å². The first-order chi connectivity index (χ1) is 21.2. The summed E-state index contributed by atoms with van der Waals surface area (Å²) in [5.41, 5.74) is 8.20. The molecule has 0 aliphatic rings. The first-order valence-electron chi connectivity index (χ1n) is 14.6. The lowest BCUT2D eigenvalue weighted by molar-refractivity contribution is -0.131. The van der Waals surface area contributed by atoms with E-state index in [1.807, 2.05) is 60.0 Å². The van der Waals surface area contributed by atoms with E-state index >= 15 is 0 Å². The number of thiocarbonyl (C=S) groups is 1. The van der Waals surface area contributed by atoms with Crippen LogP contribution in [0.25, 0.3) is 0 Å². The Balaban J connectivity index is 1.71. The van der Waals surface area contributed by atoms with Gasteiger partial charge in [0.05, 0.1) is 39.6 Å². The average Bonchev–Trinajstić information content (AvgIpc) is 3.48. The summed E-state index contributed by atoms with van der Waals surface area (Å²) >= 11 is 18.8. The van der Waals surface area contributed by atoms with Crippen LogP contribution in [0.15, 0.2) is 79.3 Å². The highest BCUT2D eigenvalue weighted by atomic mass is 35.5. The zero-order valence-electron chi connectivity index (χ0n) is 25.1. The third kappa shape index (κ3) is 8.67. The molecule has 1 unspecified atom stereocenters. The van der Waals surface area contributed by atoms with Crippen molar-refractivity contribution < 1.29 is 4.79 Å². The molecule has 0 saturated heterocycles. The van der Waals surface area contributed by atoms with Gasteiger partial charge in [0.1, 0.15) is 0 Å². The van der Waals surface area contributed by atoms with Crippen molar-refractivity contribution in [2.24, 2.45) is 5.92 Å². The van der Waals surface area contributed by atoms with Gasteiger partial charge in [-0.25, -0.2) is 15.4 Å². The largest absolute Gasteiger partial charge is 0.331 e. The minimum atomic E-state index is -0.708. The molecular weight excluding hydrogens is 611 g/mol. The SMILES string of the molecule is CC[C@H](C)CCNN(C(=O)C(Cc1cccc(Cl)c1Cl)c1cncn1Cc1ccc(C#N)cc1)C(=S)Nc1ccc(C)cc1. The first-order valence-corrected chi connectivity index (χ1v) is 15.7. The van der Waals surface area contributed by atoms with E-state index in [2.05, 4.69) is 35.6 Å². The highest BCUT2D eigenvalue weighted by molar-refractivity contribution is 7.80. The van der Waals surface area contributed by atoms with Gasteiger partial charge in [-0.05, 0) is 79.4 Å². The van der Waals surface area contributed by atoms with Crippen LogP contribution in [0.1, 0.15) is 60.6 Å². The second-order valence-corrected chi connectivity index (χ2v) is 12.1. The fourth-order valence-corrected chi connectivity index (χ4v) is 5.40. The van der Waals surface area contributed by atoms with Gasteiger partial charge < -0.3 is 9.88 Å². The highest BCUT2D eigenvalue weighted by Gasteiger charge is 2.32. The molecule has 0 radical (unpaired) electrons. The molecule has 2 atom stereocenters. The van der Waals surface area contributed by atoms with Gasteiger partial charge in [0.15, 0.2) is 5.11 Å². The second-order valence-electron chi connectivity index (χ2n) is 10.9. The summed E-state index contributed by atoms with van der Waals surface area (Å²) in [4.78, 5) is 19.1. The van der Waals surface area contributed by atoms with Gasteiger partial charge in [-0.1, -0.05) is 85.4 Å². The molecule has 0 bridgehead atoms. The third-order valence-corrected chi connectivity index (χ3v) is 8.76. The number of halogens is 2. The van der Waals surface area contributed by atoms with E-state index in [4.69, 9.17) is 35.4 Å². The summed E-state index contributed by atoms with van der Waals surface area (Å²) in [6.07, 6.45) is 5.59. The zero-order chi connectivity index (χ0) is 31.6. The lowest BCUT2D eigenvalue weighted by Gasteiger charge is -2.29. The van der Waals surface area contributed by atoms with E-state index in [9.17, 15) is 10.1 Å². The molecule has 1 aromatic heterocycles. The number of aryl methyl sites for hydroxylation is 1. The molecular formula is C34H36Cl2N6OS. The molecule has 10 heteroatoms. The number of nitriles is 1. The van der Waals surface area contributed by atoms with Gasteiger partial charge in [0, 0.05) is 25.0 Å². The van der Waals surface area contributed by atoms with Crippen LogP contribution in [-0.2, 0) is 17.8 Å². The number of anilines is 1. The number of nitrogens with one attached hydrogen (secondary N) is 2. The number of hydrazine groups is 1. The summed E-state index contributed by atoms with van der Waals surface area (Å²) in [7, 11) is 0. The van der Waals surface area contributed by atoms with Crippen molar-refractivity contribution in [2.45, 2.75) is 52.5 Å². The maximum Gasteiger partial charge on any atom is 0.252 e. The number of carbonyl (C=O) groups excluding carboxylic acids is 1. The van der Waals surface area contributed by atoms with Crippen LogP contribution < -0.4 is 10.7 Å². The number of benzene rings is 3. The van der Waals surface area contributed by atoms with E-state index in [1.54, 1.807) is 30.7 Å². The molecule has 0 aliphatic heterocycles. The van der Waals surface area contributed by atoms with Crippen molar-refractivity contribution in [1.29, 1.82) is 5.26 Å². The fourth-order valence-electron chi connectivity index (χ4n) is 4.73. The van der Waals surface area contributed by atoms with Gasteiger partial charge in [-0.2, -0.15) is 5.26 Å². The lowest BCUT2D eigenvalue weighted by Crippen LogP contribution is -2.51. The first kappa shape index (κ1) is 33.2. The Morgan fingerprint density at radius 2 is 1.84 bits per heavy atom. The monoisotopic (exact) mass is 646 g/mol. The topological polar surface area (TPSA) is 86.0 Å². The Morgan fingerprint density at radius 1 is 1.11 bits per heavy atom. The maximum absolute atomic E-state index is 14.6. The second kappa shape index (κ2) is 15.8. The molecule has 44 heavy (non-hydrogen) atoms. The van der Waals surface area contributed by atoms with Crippen molar-refractivity contribution in [3.63, 3.8) is 0 Å². The van der Waals surface area contributed by atoms with Gasteiger partial charge in [-0.15, -0.1) is 0 Å². The Labute approximate surface area is 274 Å². The van der Waals surface area contributed by atoms with Crippen LogP contribution in [0.2, 0.25) is 10.0 Å². The smallest absolute Gasteiger partial charge is 0.252 e. The van der Waals surface area contributed by atoms with Gasteiger partial charge >= 0.3 is 0 Å². The van der Waals surface area contributed by atoms with Crippen LogP contribution in [-0.4, -0.2) is 32.1 Å². The van der Waals surface area contributed by atoms with Gasteiger partial charge in [-0.3, -0.25) is 4.79 Å². The standard InChI is InChI=1S/C34H36Cl2N6OS/c1-4-23(2)16-17-39-42(34(44)40-28-14-8-24(3)9-15-28)33(43)29(18-27-6-5-7-30(35)32(27)36)31-20-38-22-41(31)21-26-12-10-25(19-37)11-13-26/h5-15,20,22-23,29,39H,4,16-18,21H2,1-3H3,(H,40,44)/t23-,29?/m0/s1. The molecule has 4 rings (SSSR count). The molecule has 7 nitrogen and oxygen atoms in total. The Hall–Kier alpha value is -3.74. The van der Waals surface area contributed by atoms with Crippen LogP contribution in [0, 0.1) is 24.2 Å². The number of amides is 1. The molecule has 0 saturated carbocycles. The molecule has 1 amide bonds. The van der Waals surface area contributed by atoms with E-state index in [0.717, 1.165) is 35.2 Å². The third-order valence-electron chi connectivity index (χ3n) is 7.62. The van der Waals surface area contributed by atoms with Crippen LogP contribution in [0.4, 0.5) is 5.69 Å². The minimum Gasteiger partial charge on any atom is -0.331 e. The molecule has 3 aromatic carbocycles. The zero-order valence-corrected chi connectivity index (χ0v) is 27.4. The summed E-state index contributed by atoms with van der Waals surface area (Å²) in [5.74, 6) is -0.481. The average molecular weight is 648 g/mol. The van der Waals surface area contributed by atoms with E-state index in [-0.39, 0.29) is 17.4 Å². The number of nitrogens with zero attached hydrogens (tertiary/aromatic N) is 4. The fraction of sp³-hybridized carbons (Fsp3) is 0.294. The van der Waals surface area contributed by atoms with Gasteiger partial charge in [0.2, 0.25) is 0 Å². The molecule has 4 aromatic rings. The highest BCUT2D eigenvalue weighted by Crippen LogP contribution is 2.31. The van der Waals surface area contributed by atoms with Crippen molar-refractivity contribution in [2.75, 3.05) is 11.9 Å². The minimum absolute atomic E-state index is 0.239. The molecule has 228 valence electrons. The predicted molar refractivity (Wildman–Crippen MR) is 182 cm³/mol. The van der Waals surface area contributed by atoms with E-state index in [0.29, 0.717) is 40.3 Å². The summed E-state index contributed by atoms with van der Waals surface area (Å²) in [5, 5.41) is 14.9. The maximum atomic E-state index is 14.6. The quantitative estimate of drug-likeness (QED) is 0.120. The summed E-state index contributed by atoms with van der Waals surface area (Å²) in [6.45, 7) is 7.37. The Morgan fingerprint density at radius 3 is 2.52 bits per heavy atom. The van der Waals surface area contributed by atoms with Crippen LogP contribution >= 0.6 is 35.4 Å². The van der Waals surface area contributed by atoms with Gasteiger partial charge in [0.25, 0.3) is 5.91 Å². The number of hydrogen-bond donors (Lipinski definition) is 2. The lowest BCUT2D eigenvalue weighted by atomic mass is 9.95. The molecule has 2 N–H and O–H groups in total. The van der Waals surface area contributed by atoms with Crippen molar-refractivity contribution in [3.8, 4) is 6.07 Å². The molecule has 0 spiro atoms. The van der Waals surface area contributed by atoms with E-state index < -0.39 is 5.92 Å². The number of rotatable bonds is 12. The molecule has 0 aliphatic carbocycles. The van der Waals surface area contributed by atoms with Crippen LogP contribution in [0.5, 0.6) is 0 Å². The number of hydrogen-bond acceptors (Lipinski definition) is 5. The molecule has 0 fully saturated rings. The van der Waals surface area contributed by atoms with Crippen molar-refractivity contribution in [1.82, 2.24) is 20.0 Å². The number of aromatic nitrogens is 2. The Kier molecular flexibility index (Phi) is 11.9. The number of carbonyl (C=O) groups is 1. The molecule has 1 heterocycles.